The van der Waals surface area contributed by atoms with Crippen LogP contribution in [-0.2, 0) is 6.42 Å². The molecule has 0 aliphatic carbocycles. The summed E-state index contributed by atoms with van der Waals surface area (Å²) in [6.07, 6.45) is 4.49. The molecule has 1 aromatic heterocycles. The van der Waals surface area contributed by atoms with Crippen molar-refractivity contribution < 1.29 is 0 Å². The molecule has 74 valence electrons. The molecule has 3 nitrogen and oxygen atoms in total. The summed E-state index contributed by atoms with van der Waals surface area (Å²) < 4.78 is 0. The molecule has 0 unspecified atom stereocenters. The van der Waals surface area contributed by atoms with Gasteiger partial charge in [0.1, 0.15) is 5.54 Å². The highest BCUT2D eigenvalue weighted by atomic mass is 14.9. The van der Waals surface area contributed by atoms with Gasteiger partial charge in [0.25, 0.3) is 0 Å². The number of rotatable bonds is 4. The van der Waals surface area contributed by atoms with Gasteiger partial charge in [-0.25, -0.2) is 0 Å². The van der Waals surface area contributed by atoms with Gasteiger partial charge in [0.2, 0.25) is 0 Å². The molecule has 0 atom stereocenters. The summed E-state index contributed by atoms with van der Waals surface area (Å²) in [5, 5.41) is 11.9. The van der Waals surface area contributed by atoms with Gasteiger partial charge in [-0.2, -0.15) is 5.26 Å². The average Bonchev–Trinajstić information content (AvgIpc) is 2.19. The van der Waals surface area contributed by atoms with Crippen molar-refractivity contribution in [2.45, 2.75) is 25.8 Å². The Labute approximate surface area is 84.8 Å². The van der Waals surface area contributed by atoms with Gasteiger partial charge in [-0.3, -0.25) is 10.3 Å². The minimum Gasteiger partial charge on any atom is -0.300 e. The predicted molar refractivity (Wildman–Crippen MR) is 55.6 cm³/mol. The molecule has 1 aromatic rings. The Bertz CT molecular complexity index is 311. The van der Waals surface area contributed by atoms with Crippen molar-refractivity contribution >= 4 is 0 Å². The highest BCUT2D eigenvalue weighted by molar-refractivity contribution is 5.10. The number of hydrogen-bond donors (Lipinski definition) is 1. The van der Waals surface area contributed by atoms with Crippen LogP contribution in [0.1, 0.15) is 19.4 Å². The zero-order valence-electron chi connectivity index (χ0n) is 8.62. The maximum Gasteiger partial charge on any atom is 0.101 e. The first-order valence-corrected chi connectivity index (χ1v) is 4.69. The smallest absolute Gasteiger partial charge is 0.101 e. The Hall–Kier alpha value is -1.40. The molecule has 0 saturated heterocycles. The summed E-state index contributed by atoms with van der Waals surface area (Å²) in [7, 11) is 0. The topological polar surface area (TPSA) is 48.7 Å². The maximum atomic E-state index is 8.77. The maximum absolute atomic E-state index is 8.77. The van der Waals surface area contributed by atoms with Crippen molar-refractivity contribution in [3.63, 3.8) is 0 Å². The van der Waals surface area contributed by atoms with E-state index in [0.717, 1.165) is 13.0 Å². The Morgan fingerprint density at radius 3 is 2.64 bits per heavy atom. The summed E-state index contributed by atoms with van der Waals surface area (Å²) in [6.45, 7) is 4.56. The van der Waals surface area contributed by atoms with Crippen LogP contribution in [0.25, 0.3) is 0 Å². The lowest BCUT2D eigenvalue weighted by Gasteiger charge is -2.16. The molecule has 0 aromatic carbocycles. The second-order valence-electron chi connectivity index (χ2n) is 3.77. The molecule has 0 bridgehead atoms. The number of nitriles is 1. The first-order chi connectivity index (χ1) is 6.64. The molecule has 0 saturated carbocycles. The van der Waals surface area contributed by atoms with Gasteiger partial charge in [-0.15, -0.1) is 0 Å². The third kappa shape index (κ3) is 3.55. The number of nitrogens with zero attached hydrogens (tertiary/aromatic N) is 2. The lowest BCUT2D eigenvalue weighted by atomic mass is 10.1. The molecule has 3 heteroatoms. The van der Waals surface area contributed by atoms with Crippen molar-refractivity contribution in [3.05, 3.63) is 30.1 Å². The second-order valence-corrected chi connectivity index (χ2v) is 3.77. The fraction of sp³-hybridized carbons (Fsp3) is 0.455. The number of nitrogens with one attached hydrogen (secondary N) is 1. The SMILES string of the molecule is CC(C)(C#N)NCCc1ccncc1. The van der Waals surface area contributed by atoms with E-state index in [0.29, 0.717) is 0 Å². The largest absolute Gasteiger partial charge is 0.300 e. The molecule has 0 amide bonds. The molecule has 0 spiro atoms. The van der Waals surface area contributed by atoms with Gasteiger partial charge < -0.3 is 0 Å². The van der Waals surface area contributed by atoms with Crippen LogP contribution < -0.4 is 5.32 Å². The van der Waals surface area contributed by atoms with Gasteiger partial charge in [0, 0.05) is 18.9 Å². The molecular formula is C11H15N3. The van der Waals surface area contributed by atoms with Gasteiger partial charge >= 0.3 is 0 Å². The Morgan fingerprint density at radius 1 is 1.43 bits per heavy atom. The highest BCUT2D eigenvalue weighted by Gasteiger charge is 2.13. The van der Waals surface area contributed by atoms with E-state index in [1.165, 1.54) is 5.56 Å². The fourth-order valence-corrected chi connectivity index (χ4v) is 1.11. The number of hydrogen-bond acceptors (Lipinski definition) is 3. The normalized spacial score (nSPS) is 10.9. The molecule has 1 rings (SSSR count). The minimum atomic E-state index is -0.437. The standard InChI is InChI=1S/C11H15N3/c1-11(2,9-12)14-8-5-10-3-6-13-7-4-10/h3-4,6-7,14H,5,8H2,1-2H3. The summed E-state index contributed by atoms with van der Waals surface area (Å²) in [6, 6.07) is 6.18. The molecule has 1 heterocycles. The van der Waals surface area contributed by atoms with Crippen LogP contribution in [0.3, 0.4) is 0 Å². The van der Waals surface area contributed by atoms with Gasteiger partial charge in [-0.1, -0.05) is 0 Å². The monoisotopic (exact) mass is 189 g/mol. The fourth-order valence-electron chi connectivity index (χ4n) is 1.11. The first kappa shape index (κ1) is 10.7. The van der Waals surface area contributed by atoms with Crippen molar-refractivity contribution in [3.8, 4) is 6.07 Å². The zero-order valence-corrected chi connectivity index (χ0v) is 8.62. The number of aromatic nitrogens is 1. The second kappa shape index (κ2) is 4.73. The van der Waals surface area contributed by atoms with Crippen LogP contribution >= 0.6 is 0 Å². The predicted octanol–water partition coefficient (Wildman–Crippen LogP) is 1.52. The Morgan fingerprint density at radius 2 is 2.07 bits per heavy atom. The van der Waals surface area contributed by atoms with E-state index < -0.39 is 5.54 Å². The van der Waals surface area contributed by atoms with E-state index in [2.05, 4.69) is 16.4 Å². The van der Waals surface area contributed by atoms with E-state index in [4.69, 9.17) is 5.26 Å². The van der Waals surface area contributed by atoms with Crippen LogP contribution in [0.5, 0.6) is 0 Å². The van der Waals surface area contributed by atoms with Crippen LogP contribution in [0, 0.1) is 11.3 Å². The molecule has 0 radical (unpaired) electrons. The third-order valence-electron chi connectivity index (χ3n) is 2.01. The molecule has 0 aliphatic heterocycles. The molecule has 1 N–H and O–H groups in total. The molecular weight excluding hydrogens is 174 g/mol. The first-order valence-electron chi connectivity index (χ1n) is 4.69. The summed E-state index contributed by atoms with van der Waals surface area (Å²) in [5.41, 5.74) is 0.800. The van der Waals surface area contributed by atoms with Gasteiger partial charge in [-0.05, 0) is 38.0 Å². The van der Waals surface area contributed by atoms with Gasteiger partial charge in [0.05, 0.1) is 6.07 Å². The lowest BCUT2D eigenvalue weighted by Crippen LogP contribution is -2.38. The quantitative estimate of drug-likeness (QED) is 0.781. The van der Waals surface area contributed by atoms with E-state index in [9.17, 15) is 0 Å². The Kier molecular flexibility index (Phi) is 3.61. The van der Waals surface area contributed by atoms with Crippen molar-refractivity contribution in [1.29, 1.82) is 5.26 Å². The van der Waals surface area contributed by atoms with Crippen LogP contribution in [0.2, 0.25) is 0 Å². The van der Waals surface area contributed by atoms with Gasteiger partial charge in [0.15, 0.2) is 0 Å². The van der Waals surface area contributed by atoms with E-state index in [1.807, 2.05) is 26.0 Å². The number of pyridine rings is 1. The van der Waals surface area contributed by atoms with E-state index in [1.54, 1.807) is 12.4 Å². The minimum absolute atomic E-state index is 0.437. The molecule has 0 aliphatic rings. The zero-order chi connectivity index (χ0) is 10.4. The summed E-state index contributed by atoms with van der Waals surface area (Å²) >= 11 is 0. The van der Waals surface area contributed by atoms with E-state index in [-0.39, 0.29) is 0 Å². The summed E-state index contributed by atoms with van der Waals surface area (Å²) in [5.74, 6) is 0. The van der Waals surface area contributed by atoms with Crippen molar-refractivity contribution in [1.82, 2.24) is 10.3 Å². The molecule has 14 heavy (non-hydrogen) atoms. The van der Waals surface area contributed by atoms with Crippen molar-refractivity contribution in [2.75, 3.05) is 6.54 Å². The summed E-state index contributed by atoms with van der Waals surface area (Å²) in [4.78, 5) is 3.95. The molecule has 0 fully saturated rings. The van der Waals surface area contributed by atoms with Crippen LogP contribution in [0.4, 0.5) is 0 Å². The van der Waals surface area contributed by atoms with E-state index >= 15 is 0 Å². The van der Waals surface area contributed by atoms with Crippen LogP contribution in [-0.4, -0.2) is 17.1 Å². The Balaban J connectivity index is 2.34. The highest BCUT2D eigenvalue weighted by Crippen LogP contribution is 2.00. The van der Waals surface area contributed by atoms with Crippen LogP contribution in [0.15, 0.2) is 24.5 Å². The average molecular weight is 189 g/mol. The third-order valence-corrected chi connectivity index (χ3v) is 2.01. The lowest BCUT2D eigenvalue weighted by molar-refractivity contribution is 0.490. The van der Waals surface area contributed by atoms with Crippen molar-refractivity contribution in [2.24, 2.45) is 0 Å².